The minimum Gasteiger partial charge on any atom is -0.480 e. The molecule has 0 bridgehead atoms. The van der Waals surface area contributed by atoms with Crippen LogP contribution >= 0.6 is 0 Å². The van der Waals surface area contributed by atoms with Gasteiger partial charge in [0.1, 0.15) is 5.54 Å². The molecule has 1 saturated carbocycles. The van der Waals surface area contributed by atoms with Crippen LogP contribution in [0.1, 0.15) is 52.9 Å². The second-order valence-corrected chi connectivity index (χ2v) is 5.20. The molecule has 1 fully saturated rings. The number of carbonyl (C=O) groups excluding carboxylic acids is 1. The molecule has 2 amide bonds. The molecule has 1 atom stereocenters. The Kier molecular flexibility index (Phi) is 4.99. The summed E-state index contributed by atoms with van der Waals surface area (Å²) in [5.41, 5.74) is -1.17. The molecule has 0 heterocycles. The summed E-state index contributed by atoms with van der Waals surface area (Å²) in [5, 5.41) is 11.8. The standard InChI is InChI=1S/C13H24N2O3/c1-4-6-9-15(10-7-8-10)12(18)14-13(3,5-2)11(16)17/h10H,4-9H2,1-3H3,(H,14,18)(H,16,17). The van der Waals surface area contributed by atoms with Crippen molar-refractivity contribution in [3.05, 3.63) is 0 Å². The first-order valence-electron chi connectivity index (χ1n) is 6.76. The SMILES string of the molecule is CCCCN(C(=O)NC(C)(CC)C(=O)O)C1CC1. The largest absolute Gasteiger partial charge is 0.480 e. The first-order chi connectivity index (χ1) is 8.44. The van der Waals surface area contributed by atoms with Crippen LogP contribution in [0.4, 0.5) is 4.79 Å². The Balaban J connectivity index is 2.62. The smallest absolute Gasteiger partial charge is 0.329 e. The average molecular weight is 256 g/mol. The number of nitrogens with zero attached hydrogens (tertiary/aromatic N) is 1. The summed E-state index contributed by atoms with van der Waals surface area (Å²) in [5.74, 6) is -0.982. The Bertz CT molecular complexity index is 315. The molecule has 1 rings (SSSR count). The lowest BCUT2D eigenvalue weighted by Gasteiger charge is -2.30. The fourth-order valence-electron chi connectivity index (χ4n) is 1.77. The van der Waals surface area contributed by atoms with Gasteiger partial charge >= 0.3 is 12.0 Å². The Hall–Kier alpha value is -1.26. The lowest BCUT2D eigenvalue weighted by molar-refractivity contribution is -0.143. The van der Waals surface area contributed by atoms with E-state index in [-0.39, 0.29) is 6.03 Å². The van der Waals surface area contributed by atoms with Crippen LogP contribution in [0.15, 0.2) is 0 Å². The van der Waals surface area contributed by atoms with Crippen LogP contribution in [0.3, 0.4) is 0 Å². The molecule has 1 aliphatic carbocycles. The van der Waals surface area contributed by atoms with Crippen molar-refractivity contribution in [1.29, 1.82) is 0 Å². The molecular weight excluding hydrogens is 232 g/mol. The highest BCUT2D eigenvalue weighted by Crippen LogP contribution is 2.27. The number of carboxylic acid groups (broad SMARTS) is 1. The average Bonchev–Trinajstić information content (AvgIpc) is 3.13. The van der Waals surface area contributed by atoms with E-state index in [0.717, 1.165) is 25.7 Å². The lowest BCUT2D eigenvalue weighted by atomic mass is 10.00. The Morgan fingerprint density at radius 1 is 1.39 bits per heavy atom. The Morgan fingerprint density at radius 3 is 2.39 bits per heavy atom. The van der Waals surface area contributed by atoms with Crippen LogP contribution < -0.4 is 5.32 Å². The molecule has 0 spiro atoms. The van der Waals surface area contributed by atoms with Crippen LogP contribution in [0.5, 0.6) is 0 Å². The number of rotatable bonds is 7. The molecule has 0 aromatic carbocycles. The van der Waals surface area contributed by atoms with Crippen LogP contribution in [0.2, 0.25) is 0 Å². The molecule has 0 saturated heterocycles. The number of amides is 2. The maximum atomic E-state index is 12.2. The summed E-state index contributed by atoms with van der Waals surface area (Å²) >= 11 is 0. The molecule has 1 unspecified atom stereocenters. The van der Waals surface area contributed by atoms with Gasteiger partial charge in [-0.1, -0.05) is 20.3 Å². The molecule has 0 aliphatic heterocycles. The monoisotopic (exact) mass is 256 g/mol. The highest BCUT2D eigenvalue weighted by atomic mass is 16.4. The second-order valence-electron chi connectivity index (χ2n) is 5.20. The summed E-state index contributed by atoms with van der Waals surface area (Å²) in [4.78, 5) is 25.1. The van der Waals surface area contributed by atoms with Crippen LogP contribution in [-0.2, 0) is 4.79 Å². The number of carboxylic acids is 1. The minimum atomic E-state index is -1.17. The molecule has 18 heavy (non-hydrogen) atoms. The maximum Gasteiger partial charge on any atom is 0.329 e. The predicted octanol–water partition coefficient (Wildman–Crippen LogP) is 2.21. The van der Waals surface area contributed by atoms with Crippen molar-refractivity contribution >= 4 is 12.0 Å². The number of aliphatic carboxylic acids is 1. The Labute approximate surface area is 109 Å². The fraction of sp³-hybridized carbons (Fsp3) is 0.846. The van der Waals surface area contributed by atoms with Crippen molar-refractivity contribution in [3.63, 3.8) is 0 Å². The van der Waals surface area contributed by atoms with E-state index in [1.165, 1.54) is 0 Å². The van der Waals surface area contributed by atoms with E-state index >= 15 is 0 Å². The molecule has 5 heteroatoms. The van der Waals surface area contributed by atoms with E-state index in [2.05, 4.69) is 12.2 Å². The van der Waals surface area contributed by atoms with E-state index < -0.39 is 11.5 Å². The molecule has 104 valence electrons. The van der Waals surface area contributed by atoms with Crippen LogP contribution in [0, 0.1) is 0 Å². The summed E-state index contributed by atoms with van der Waals surface area (Å²) in [6.07, 6.45) is 4.43. The second kappa shape index (κ2) is 6.07. The molecule has 2 N–H and O–H groups in total. The van der Waals surface area contributed by atoms with Gasteiger partial charge in [-0.2, -0.15) is 0 Å². The van der Waals surface area contributed by atoms with Gasteiger partial charge in [0, 0.05) is 12.6 Å². The third kappa shape index (κ3) is 3.62. The molecular formula is C13H24N2O3. The number of hydrogen-bond donors (Lipinski definition) is 2. The summed E-state index contributed by atoms with van der Waals surface area (Å²) in [6.45, 7) is 6.11. The van der Waals surface area contributed by atoms with Gasteiger partial charge < -0.3 is 15.3 Å². The highest BCUT2D eigenvalue weighted by Gasteiger charge is 2.38. The summed E-state index contributed by atoms with van der Waals surface area (Å²) < 4.78 is 0. The Morgan fingerprint density at radius 2 is 2.00 bits per heavy atom. The predicted molar refractivity (Wildman–Crippen MR) is 69.5 cm³/mol. The van der Waals surface area contributed by atoms with Gasteiger partial charge in [0.25, 0.3) is 0 Å². The van der Waals surface area contributed by atoms with Gasteiger partial charge in [-0.3, -0.25) is 0 Å². The quantitative estimate of drug-likeness (QED) is 0.733. The number of unbranched alkanes of at least 4 members (excludes halogenated alkanes) is 1. The minimum absolute atomic E-state index is 0.238. The fourth-order valence-corrected chi connectivity index (χ4v) is 1.77. The van der Waals surface area contributed by atoms with E-state index in [9.17, 15) is 9.59 Å². The number of carbonyl (C=O) groups is 2. The number of hydrogen-bond acceptors (Lipinski definition) is 2. The van der Waals surface area contributed by atoms with Gasteiger partial charge in [-0.25, -0.2) is 9.59 Å². The maximum absolute atomic E-state index is 12.2. The van der Waals surface area contributed by atoms with E-state index in [4.69, 9.17) is 5.11 Å². The van der Waals surface area contributed by atoms with E-state index in [1.807, 2.05) is 0 Å². The van der Waals surface area contributed by atoms with Crippen molar-refractivity contribution in [3.8, 4) is 0 Å². The van der Waals surface area contributed by atoms with Crippen LogP contribution in [0.25, 0.3) is 0 Å². The van der Waals surface area contributed by atoms with Gasteiger partial charge in [0.2, 0.25) is 0 Å². The summed E-state index contributed by atoms with van der Waals surface area (Å²) in [7, 11) is 0. The molecule has 5 nitrogen and oxygen atoms in total. The molecule has 0 aromatic rings. The zero-order valence-corrected chi connectivity index (χ0v) is 11.5. The normalized spacial score (nSPS) is 17.9. The van der Waals surface area contributed by atoms with Gasteiger partial charge in [-0.15, -0.1) is 0 Å². The molecule has 0 aromatic heterocycles. The van der Waals surface area contributed by atoms with Gasteiger partial charge in [0.15, 0.2) is 0 Å². The first-order valence-corrected chi connectivity index (χ1v) is 6.76. The lowest BCUT2D eigenvalue weighted by Crippen LogP contribution is -2.56. The highest BCUT2D eigenvalue weighted by molar-refractivity contribution is 5.86. The van der Waals surface area contributed by atoms with Crippen molar-refractivity contribution in [2.45, 2.75) is 64.5 Å². The van der Waals surface area contributed by atoms with Crippen molar-refractivity contribution < 1.29 is 14.7 Å². The third-order valence-corrected chi connectivity index (χ3v) is 3.56. The zero-order valence-electron chi connectivity index (χ0n) is 11.5. The van der Waals surface area contributed by atoms with Crippen molar-refractivity contribution in [1.82, 2.24) is 10.2 Å². The van der Waals surface area contributed by atoms with Crippen LogP contribution in [-0.4, -0.2) is 40.1 Å². The van der Waals surface area contributed by atoms with Crippen molar-refractivity contribution in [2.75, 3.05) is 6.54 Å². The van der Waals surface area contributed by atoms with Crippen molar-refractivity contribution in [2.24, 2.45) is 0 Å². The number of urea groups is 1. The first kappa shape index (κ1) is 14.8. The van der Waals surface area contributed by atoms with Gasteiger partial charge in [0.05, 0.1) is 0 Å². The molecule has 1 aliphatic rings. The van der Waals surface area contributed by atoms with E-state index in [0.29, 0.717) is 19.0 Å². The molecule has 0 radical (unpaired) electrons. The summed E-state index contributed by atoms with van der Waals surface area (Å²) in [6, 6.07) is 0.0733. The number of nitrogens with one attached hydrogen (secondary N) is 1. The van der Waals surface area contributed by atoms with E-state index in [1.54, 1.807) is 18.7 Å². The van der Waals surface area contributed by atoms with Gasteiger partial charge in [-0.05, 0) is 32.6 Å². The zero-order chi connectivity index (χ0) is 13.8. The topological polar surface area (TPSA) is 69.6 Å². The third-order valence-electron chi connectivity index (χ3n) is 3.56.